The minimum Gasteiger partial charge on any atom is -0.291 e. The van der Waals surface area contributed by atoms with Crippen LogP contribution in [-0.2, 0) is 13.5 Å². The molecule has 2 aromatic rings. The van der Waals surface area contributed by atoms with Crippen LogP contribution in [0.2, 0.25) is 0 Å². The molecule has 1 aromatic carbocycles. The Morgan fingerprint density at radius 3 is 2.94 bits per heavy atom. The van der Waals surface area contributed by atoms with Crippen LogP contribution in [0.5, 0.6) is 0 Å². The predicted molar refractivity (Wildman–Crippen MR) is 72.8 cm³/mol. The van der Waals surface area contributed by atoms with Crippen LogP contribution in [0, 0.1) is 0 Å². The number of rotatable bonds is 2. The van der Waals surface area contributed by atoms with Gasteiger partial charge in [0.1, 0.15) is 5.69 Å². The second-order valence-corrected chi connectivity index (χ2v) is 6.13. The summed E-state index contributed by atoms with van der Waals surface area (Å²) in [6.45, 7) is 0. The maximum Gasteiger partial charge on any atom is 0.197 e. The molecule has 4 nitrogen and oxygen atoms in total. The third-order valence-electron chi connectivity index (χ3n) is 2.96. The monoisotopic (exact) mass is 323 g/mol. The normalized spacial score (nSPS) is 17.8. The number of carbonyl (C=O) groups excluding carboxylic acids is 1. The highest BCUT2D eigenvalue weighted by atomic mass is 79.9. The zero-order valence-corrected chi connectivity index (χ0v) is 12.0. The van der Waals surface area contributed by atoms with Crippen LogP contribution >= 0.6 is 27.7 Å². The van der Waals surface area contributed by atoms with Crippen molar-refractivity contribution < 1.29 is 4.79 Å². The molecule has 0 amide bonds. The quantitative estimate of drug-likeness (QED) is 0.797. The summed E-state index contributed by atoms with van der Waals surface area (Å²) in [5.41, 5.74) is 1.78. The molecule has 0 bridgehead atoms. The van der Waals surface area contributed by atoms with Crippen LogP contribution in [0.1, 0.15) is 16.1 Å². The van der Waals surface area contributed by atoms with Crippen LogP contribution in [-0.4, -0.2) is 26.0 Å². The van der Waals surface area contributed by atoms with Gasteiger partial charge in [0, 0.05) is 11.9 Å². The summed E-state index contributed by atoms with van der Waals surface area (Å²) >= 11 is 4.90. The Kier molecular flexibility index (Phi) is 2.99. The number of thioether (sulfide) groups is 1. The summed E-state index contributed by atoms with van der Waals surface area (Å²) in [4.78, 5) is 13.7. The van der Waals surface area contributed by atoms with E-state index < -0.39 is 0 Å². The number of hydrogen-bond donors (Lipinski definition) is 0. The van der Waals surface area contributed by atoms with Gasteiger partial charge in [0.15, 0.2) is 10.4 Å². The molecule has 0 fully saturated rings. The molecule has 0 aliphatic carbocycles. The average Bonchev–Trinajstić information content (AvgIpc) is 2.92. The number of nitrogens with zero attached hydrogens (tertiary/aromatic N) is 3. The van der Waals surface area contributed by atoms with Gasteiger partial charge in [-0.25, -0.2) is 4.68 Å². The molecule has 3 rings (SSSR count). The van der Waals surface area contributed by atoms with E-state index in [-0.39, 0.29) is 11.0 Å². The van der Waals surface area contributed by atoms with Gasteiger partial charge in [-0.05, 0) is 34.0 Å². The highest BCUT2D eigenvalue weighted by molar-refractivity contribution is 9.10. The predicted octanol–water partition coefficient (Wildman–Crippen LogP) is 2.48. The lowest BCUT2D eigenvalue weighted by molar-refractivity contribution is 0.0980. The van der Waals surface area contributed by atoms with Crippen LogP contribution < -0.4 is 0 Å². The van der Waals surface area contributed by atoms with Gasteiger partial charge in [0.05, 0.1) is 5.25 Å². The molecule has 92 valence electrons. The Labute approximate surface area is 117 Å². The summed E-state index contributed by atoms with van der Waals surface area (Å²) in [6, 6.07) is 8.14. The van der Waals surface area contributed by atoms with Crippen molar-refractivity contribution in [1.82, 2.24) is 15.0 Å². The van der Waals surface area contributed by atoms with Gasteiger partial charge in [-0.3, -0.25) is 4.79 Å². The van der Waals surface area contributed by atoms with E-state index in [2.05, 4.69) is 38.4 Å². The number of hydrogen-bond acceptors (Lipinski definition) is 4. The highest BCUT2D eigenvalue weighted by Gasteiger charge is 2.31. The van der Waals surface area contributed by atoms with E-state index in [1.807, 2.05) is 12.1 Å². The van der Waals surface area contributed by atoms with Gasteiger partial charge >= 0.3 is 0 Å². The third-order valence-corrected chi connectivity index (χ3v) is 4.81. The first-order valence-corrected chi connectivity index (χ1v) is 7.18. The van der Waals surface area contributed by atoms with Gasteiger partial charge in [0.25, 0.3) is 0 Å². The highest BCUT2D eigenvalue weighted by Crippen LogP contribution is 2.38. The molecule has 0 radical (unpaired) electrons. The number of fused-ring (bicyclic) bond motifs is 1. The fraction of sp³-hybridized carbons (Fsp3) is 0.250. The average molecular weight is 324 g/mol. The lowest BCUT2D eigenvalue weighted by Crippen LogP contribution is -2.20. The lowest BCUT2D eigenvalue weighted by atomic mass is 10.1. The topological polar surface area (TPSA) is 47.8 Å². The molecule has 18 heavy (non-hydrogen) atoms. The van der Waals surface area contributed by atoms with Gasteiger partial charge in [0.2, 0.25) is 0 Å². The number of halogens is 1. The van der Waals surface area contributed by atoms with Gasteiger partial charge in [-0.2, -0.15) is 0 Å². The van der Waals surface area contributed by atoms with Crippen molar-refractivity contribution in [2.75, 3.05) is 0 Å². The molecule has 6 heteroatoms. The van der Waals surface area contributed by atoms with Crippen molar-refractivity contribution in [3.8, 4) is 0 Å². The molecule has 0 saturated heterocycles. The second kappa shape index (κ2) is 4.51. The molecule has 1 atom stereocenters. The minimum atomic E-state index is -0.0732. The summed E-state index contributed by atoms with van der Waals surface area (Å²) in [7, 11) is 1.73. The van der Waals surface area contributed by atoms with Crippen molar-refractivity contribution in [3.63, 3.8) is 0 Å². The first-order valence-electron chi connectivity index (χ1n) is 5.51. The largest absolute Gasteiger partial charge is 0.291 e. The number of ketones is 1. The Balaban J connectivity index is 1.89. The molecule has 1 aliphatic heterocycles. The Morgan fingerprint density at radius 1 is 1.50 bits per heavy atom. The molecular formula is C12H10BrN3OS. The van der Waals surface area contributed by atoms with E-state index in [4.69, 9.17) is 0 Å². The molecular weight excluding hydrogens is 314 g/mol. The van der Waals surface area contributed by atoms with Crippen molar-refractivity contribution in [1.29, 1.82) is 0 Å². The van der Waals surface area contributed by atoms with E-state index in [1.54, 1.807) is 18.8 Å². The summed E-state index contributed by atoms with van der Waals surface area (Å²) in [5.74, 6) is 0.0792. The van der Waals surface area contributed by atoms with Gasteiger partial charge < -0.3 is 0 Å². The minimum absolute atomic E-state index is 0.0732. The van der Waals surface area contributed by atoms with Crippen molar-refractivity contribution >= 4 is 33.5 Å². The first-order chi connectivity index (χ1) is 8.66. The molecule has 2 heterocycles. The van der Waals surface area contributed by atoms with E-state index in [0.29, 0.717) is 10.3 Å². The van der Waals surface area contributed by atoms with E-state index >= 15 is 0 Å². The summed E-state index contributed by atoms with van der Waals surface area (Å²) < 4.78 is 2.04. The molecule has 1 aliphatic rings. The molecule has 0 spiro atoms. The molecule has 1 unspecified atom stereocenters. The number of aromatic nitrogens is 3. The third kappa shape index (κ3) is 1.89. The van der Waals surface area contributed by atoms with Crippen molar-refractivity contribution in [3.05, 3.63) is 40.1 Å². The Bertz CT molecular complexity index is 581. The van der Waals surface area contributed by atoms with Crippen LogP contribution in [0.15, 0.2) is 33.8 Å². The van der Waals surface area contributed by atoms with Crippen molar-refractivity contribution in [2.45, 2.75) is 16.6 Å². The van der Waals surface area contributed by atoms with E-state index in [0.717, 1.165) is 6.42 Å². The maximum atomic E-state index is 12.5. The number of Topliss-reactive ketones (excluding diaryl/α,β-unsaturated/α-hetero) is 1. The van der Waals surface area contributed by atoms with E-state index in [1.165, 1.54) is 15.1 Å². The molecule has 1 aromatic heterocycles. The second-order valence-electron chi connectivity index (χ2n) is 4.14. The first kappa shape index (κ1) is 11.9. The van der Waals surface area contributed by atoms with Crippen LogP contribution in [0.25, 0.3) is 0 Å². The number of aryl methyl sites for hydroxylation is 1. The molecule has 0 N–H and O–H groups in total. The Hall–Kier alpha value is -1.14. The smallest absolute Gasteiger partial charge is 0.197 e. The number of benzene rings is 1. The summed E-state index contributed by atoms with van der Waals surface area (Å²) in [5, 5.41) is 7.63. The van der Waals surface area contributed by atoms with Crippen LogP contribution in [0.4, 0.5) is 0 Å². The van der Waals surface area contributed by atoms with E-state index in [9.17, 15) is 4.79 Å². The van der Waals surface area contributed by atoms with Crippen molar-refractivity contribution in [2.24, 2.45) is 7.05 Å². The van der Waals surface area contributed by atoms with Gasteiger partial charge in [-0.1, -0.05) is 23.4 Å². The zero-order valence-electron chi connectivity index (χ0n) is 9.63. The fourth-order valence-electron chi connectivity index (χ4n) is 2.07. The zero-order chi connectivity index (χ0) is 12.7. The van der Waals surface area contributed by atoms with Gasteiger partial charge in [-0.15, -0.1) is 16.9 Å². The Morgan fingerprint density at radius 2 is 2.28 bits per heavy atom. The maximum absolute atomic E-state index is 12.5. The van der Waals surface area contributed by atoms with Crippen LogP contribution in [0.3, 0.4) is 0 Å². The number of carbonyl (C=O) groups is 1. The summed E-state index contributed by atoms with van der Waals surface area (Å²) in [6.07, 6.45) is 0.775. The lowest BCUT2D eigenvalue weighted by Gasteiger charge is -2.07. The fourth-order valence-corrected chi connectivity index (χ4v) is 3.84. The standard InChI is InChI=1S/C12H10BrN3OS/c1-16-10(12(13)14-15-16)11(17)9-6-7-4-2-3-5-8(7)18-9/h2-5,9H,6H2,1H3. The molecule has 0 saturated carbocycles. The SMILES string of the molecule is Cn1nnc(Br)c1C(=O)C1Cc2ccccc2S1.